The Morgan fingerprint density at radius 3 is 2.33 bits per heavy atom. The average molecular weight is 366 g/mol. The van der Waals surface area contributed by atoms with E-state index < -0.39 is 13.2 Å². The van der Waals surface area contributed by atoms with Crippen molar-refractivity contribution in [3.63, 3.8) is 0 Å². The summed E-state index contributed by atoms with van der Waals surface area (Å²) in [7, 11) is -0.436. The van der Waals surface area contributed by atoms with Gasteiger partial charge < -0.3 is 19.2 Å². The zero-order valence-corrected chi connectivity index (χ0v) is 16.4. The van der Waals surface area contributed by atoms with Gasteiger partial charge >= 0.3 is 7.12 Å². The number of hydrogen-bond donors (Lipinski definition) is 1. The molecule has 0 unspecified atom stereocenters. The molecule has 2 aliphatic rings. The molecule has 4 nitrogen and oxygen atoms in total. The van der Waals surface area contributed by atoms with Crippen LogP contribution >= 0.6 is 0 Å². The van der Waals surface area contributed by atoms with E-state index in [1.54, 1.807) is 0 Å². The van der Waals surface area contributed by atoms with Crippen LogP contribution in [0.25, 0.3) is 0 Å². The van der Waals surface area contributed by atoms with Crippen molar-refractivity contribution in [1.82, 2.24) is 0 Å². The molecule has 2 heterocycles. The molecule has 27 heavy (non-hydrogen) atoms. The standard InChI is InChI=1S/C22H27BO4/c1-21(2)22(3,4)27-23(26-21)16-10-11-20-18(13-16)19(24)14-17(25-20)12-15-8-6-5-7-9-15/h5-11,13,17,19,24H,12,14H2,1-4H3/t17-,19+/m0/s1. The molecule has 1 fully saturated rings. The zero-order chi connectivity index (χ0) is 19.2. The zero-order valence-electron chi connectivity index (χ0n) is 16.4. The van der Waals surface area contributed by atoms with Gasteiger partial charge in [-0.15, -0.1) is 0 Å². The van der Waals surface area contributed by atoms with E-state index in [0.717, 1.165) is 23.2 Å². The molecule has 4 rings (SSSR count). The summed E-state index contributed by atoms with van der Waals surface area (Å²) in [5.41, 5.74) is 2.17. The molecule has 0 aliphatic carbocycles. The summed E-state index contributed by atoms with van der Waals surface area (Å²) in [6.45, 7) is 8.16. The molecule has 1 saturated heterocycles. The lowest BCUT2D eigenvalue weighted by atomic mass is 9.77. The first-order valence-corrected chi connectivity index (χ1v) is 9.63. The Kier molecular flexibility index (Phi) is 4.57. The number of hydrogen-bond acceptors (Lipinski definition) is 4. The monoisotopic (exact) mass is 366 g/mol. The summed E-state index contributed by atoms with van der Waals surface area (Å²) in [6.07, 6.45) is 0.785. The van der Waals surface area contributed by atoms with Gasteiger partial charge in [0.2, 0.25) is 0 Å². The van der Waals surface area contributed by atoms with Crippen molar-refractivity contribution < 1.29 is 19.2 Å². The van der Waals surface area contributed by atoms with Gasteiger partial charge in [0.1, 0.15) is 11.9 Å². The van der Waals surface area contributed by atoms with Crippen LogP contribution in [0.1, 0.15) is 51.3 Å². The van der Waals surface area contributed by atoms with Crippen LogP contribution < -0.4 is 10.2 Å². The highest BCUT2D eigenvalue weighted by molar-refractivity contribution is 6.62. The van der Waals surface area contributed by atoms with Gasteiger partial charge in [0.15, 0.2) is 0 Å². The van der Waals surface area contributed by atoms with Crippen LogP contribution in [0.4, 0.5) is 0 Å². The first-order chi connectivity index (χ1) is 12.7. The molecule has 142 valence electrons. The third kappa shape index (κ3) is 3.52. The highest BCUT2D eigenvalue weighted by Crippen LogP contribution is 2.38. The molecule has 2 aromatic rings. The third-order valence-corrected chi connectivity index (χ3v) is 6.00. The van der Waals surface area contributed by atoms with Gasteiger partial charge in [-0.1, -0.05) is 42.5 Å². The molecule has 0 amide bonds. The van der Waals surface area contributed by atoms with Crippen LogP contribution in [0.3, 0.4) is 0 Å². The molecule has 2 aromatic carbocycles. The number of benzene rings is 2. The predicted molar refractivity (Wildman–Crippen MR) is 106 cm³/mol. The minimum absolute atomic E-state index is 0.0300. The van der Waals surface area contributed by atoms with Crippen molar-refractivity contribution >= 4 is 12.6 Å². The number of rotatable bonds is 3. The maximum Gasteiger partial charge on any atom is 0.494 e. The van der Waals surface area contributed by atoms with Gasteiger partial charge in [0.25, 0.3) is 0 Å². The summed E-state index contributed by atoms with van der Waals surface area (Å²) in [5, 5.41) is 10.7. The number of aliphatic hydroxyl groups is 1. The van der Waals surface area contributed by atoms with Gasteiger partial charge in [-0.25, -0.2) is 0 Å². The Morgan fingerprint density at radius 2 is 1.67 bits per heavy atom. The Labute approximate surface area is 161 Å². The van der Waals surface area contributed by atoms with Crippen molar-refractivity contribution in [2.75, 3.05) is 0 Å². The van der Waals surface area contributed by atoms with E-state index in [-0.39, 0.29) is 17.3 Å². The summed E-state index contributed by atoms with van der Waals surface area (Å²) >= 11 is 0. The molecular formula is C22H27BO4. The lowest BCUT2D eigenvalue weighted by Gasteiger charge is -2.32. The van der Waals surface area contributed by atoms with Gasteiger partial charge in [-0.2, -0.15) is 0 Å². The Balaban J connectivity index is 1.53. The molecule has 0 aromatic heterocycles. The quantitative estimate of drug-likeness (QED) is 0.846. The Bertz CT molecular complexity index is 802. The van der Waals surface area contributed by atoms with Crippen molar-refractivity contribution in [3.05, 3.63) is 59.7 Å². The molecule has 2 aliphatic heterocycles. The fraction of sp³-hybridized carbons (Fsp3) is 0.455. The summed E-state index contributed by atoms with van der Waals surface area (Å²) < 4.78 is 18.4. The fourth-order valence-corrected chi connectivity index (χ4v) is 3.67. The van der Waals surface area contributed by atoms with E-state index in [1.165, 1.54) is 5.56 Å². The topological polar surface area (TPSA) is 47.9 Å². The Morgan fingerprint density at radius 1 is 1.00 bits per heavy atom. The second kappa shape index (κ2) is 6.66. The minimum atomic E-state index is -0.551. The predicted octanol–water partition coefficient (Wildman–Crippen LogP) is 3.41. The van der Waals surface area contributed by atoms with E-state index in [0.29, 0.717) is 6.42 Å². The van der Waals surface area contributed by atoms with Crippen LogP contribution in [0.15, 0.2) is 48.5 Å². The normalized spacial score (nSPS) is 25.7. The van der Waals surface area contributed by atoms with Gasteiger partial charge in [-0.3, -0.25) is 0 Å². The van der Waals surface area contributed by atoms with E-state index in [1.807, 2.05) is 64.1 Å². The highest BCUT2D eigenvalue weighted by Gasteiger charge is 2.51. The van der Waals surface area contributed by atoms with Crippen molar-refractivity contribution in [3.8, 4) is 5.75 Å². The van der Waals surface area contributed by atoms with Gasteiger partial charge in [0.05, 0.1) is 17.3 Å². The number of aliphatic hydroxyl groups excluding tert-OH is 1. The van der Waals surface area contributed by atoms with Crippen molar-refractivity contribution in [2.24, 2.45) is 0 Å². The molecule has 0 spiro atoms. The summed E-state index contributed by atoms with van der Waals surface area (Å²) in [4.78, 5) is 0. The molecule has 2 atom stereocenters. The second-order valence-corrected chi connectivity index (χ2v) is 8.57. The molecular weight excluding hydrogens is 339 g/mol. The number of ether oxygens (including phenoxy) is 1. The lowest BCUT2D eigenvalue weighted by molar-refractivity contribution is 0.00578. The molecule has 0 radical (unpaired) electrons. The van der Waals surface area contributed by atoms with Crippen LogP contribution in [-0.2, 0) is 15.7 Å². The van der Waals surface area contributed by atoms with Gasteiger partial charge in [-0.05, 0) is 44.8 Å². The first-order valence-electron chi connectivity index (χ1n) is 9.63. The molecule has 0 bridgehead atoms. The maximum atomic E-state index is 10.7. The van der Waals surface area contributed by atoms with Crippen LogP contribution in [0, 0.1) is 0 Å². The van der Waals surface area contributed by atoms with Crippen molar-refractivity contribution in [1.29, 1.82) is 0 Å². The van der Waals surface area contributed by atoms with E-state index >= 15 is 0 Å². The molecule has 5 heteroatoms. The minimum Gasteiger partial charge on any atom is -0.490 e. The first kappa shape index (κ1) is 18.5. The number of fused-ring (bicyclic) bond motifs is 1. The van der Waals surface area contributed by atoms with Crippen molar-refractivity contribution in [2.45, 2.75) is 63.9 Å². The highest BCUT2D eigenvalue weighted by atomic mass is 16.7. The van der Waals surface area contributed by atoms with E-state index in [4.69, 9.17) is 14.0 Å². The maximum absolute atomic E-state index is 10.7. The second-order valence-electron chi connectivity index (χ2n) is 8.57. The lowest BCUT2D eigenvalue weighted by Crippen LogP contribution is -2.41. The fourth-order valence-electron chi connectivity index (χ4n) is 3.67. The molecule has 0 saturated carbocycles. The van der Waals surface area contributed by atoms with E-state index in [2.05, 4.69) is 12.1 Å². The summed E-state index contributed by atoms with van der Waals surface area (Å²) in [5.74, 6) is 0.745. The molecule has 1 N–H and O–H groups in total. The SMILES string of the molecule is CC1(C)OB(c2ccc3c(c2)[C@H](O)C[C@H](Cc2ccccc2)O3)OC1(C)C. The van der Waals surface area contributed by atoms with Crippen LogP contribution in [0.2, 0.25) is 0 Å². The van der Waals surface area contributed by atoms with Gasteiger partial charge in [0, 0.05) is 18.4 Å². The summed E-state index contributed by atoms with van der Waals surface area (Å²) in [6, 6.07) is 16.1. The smallest absolute Gasteiger partial charge is 0.490 e. The largest absolute Gasteiger partial charge is 0.494 e. The van der Waals surface area contributed by atoms with E-state index in [9.17, 15) is 5.11 Å². The third-order valence-electron chi connectivity index (χ3n) is 6.00. The average Bonchev–Trinajstić information content (AvgIpc) is 2.83. The Hall–Kier alpha value is -1.82. The van der Waals surface area contributed by atoms with Crippen LogP contribution in [0.5, 0.6) is 5.75 Å². The van der Waals surface area contributed by atoms with Crippen LogP contribution in [-0.4, -0.2) is 29.5 Å².